The van der Waals surface area contributed by atoms with Crippen LogP contribution in [0, 0.1) is 0 Å². The Morgan fingerprint density at radius 1 is 1.00 bits per heavy atom. The van der Waals surface area contributed by atoms with Crippen LogP contribution in [-0.4, -0.2) is 0 Å². The smallest absolute Gasteiger partial charge is 0.00923 e. The minimum atomic E-state index is 1.43. The molecule has 0 heterocycles. The minimum Gasteiger partial charge on any atom is -0.00923 e. The molecular weight excluding hydrogens is 316 g/mol. The summed E-state index contributed by atoms with van der Waals surface area (Å²) in [5.41, 5.74) is 2.85. The molecule has 0 aliphatic carbocycles. The number of hydrogen-bond acceptors (Lipinski definition) is 0. The second-order valence-corrected chi connectivity index (χ2v) is 9.13. The van der Waals surface area contributed by atoms with E-state index in [0.717, 1.165) is 0 Å². The van der Waals surface area contributed by atoms with Crippen LogP contribution in [0.15, 0.2) is 0 Å². The van der Waals surface area contributed by atoms with E-state index < -0.39 is 0 Å². The third-order valence-corrected chi connectivity index (χ3v) is 11.6. The molecule has 0 saturated carbocycles. The highest BCUT2D eigenvalue weighted by atomic mass is 127. The molecular formula is I2P2. The Morgan fingerprint density at radius 3 is 1.25 bits per heavy atom. The van der Waals surface area contributed by atoms with Crippen molar-refractivity contribution < 1.29 is 0 Å². The summed E-state index contributed by atoms with van der Waals surface area (Å²) in [5.74, 6) is 0. The van der Waals surface area contributed by atoms with E-state index in [-0.39, 0.29) is 0 Å². The number of hydrogen-bond donors (Lipinski definition) is 0. The largest absolute Gasteiger partial charge is 0.00923 e. The van der Waals surface area contributed by atoms with Crippen LogP contribution in [0.5, 0.6) is 0 Å². The summed E-state index contributed by atoms with van der Waals surface area (Å²) in [7, 11) is 0. The van der Waals surface area contributed by atoms with Crippen molar-refractivity contribution in [3.05, 3.63) is 0 Å². The Bertz CT molecular complexity index is 19.2. The van der Waals surface area contributed by atoms with E-state index >= 15 is 0 Å². The maximum atomic E-state index is 2.30. The molecule has 0 fully saturated rings. The average molecular weight is 316 g/mol. The third-order valence-electron chi connectivity index (χ3n) is 0.0286. The van der Waals surface area contributed by atoms with Gasteiger partial charge in [-0.25, -0.2) is 0 Å². The fourth-order valence-electron chi connectivity index (χ4n) is 0. The van der Waals surface area contributed by atoms with Crippen LogP contribution in [0.4, 0.5) is 0 Å². The zero-order valence-corrected chi connectivity index (χ0v) is 7.75. The SMILES string of the molecule is IP=PI. The monoisotopic (exact) mass is 316 g/mol. The molecule has 0 spiro atoms. The Balaban J connectivity index is 2.55. The Kier molecular flexibility index (Phi) is 7.67. The predicted octanol–water partition coefficient (Wildman–Crippen LogP) is 3.49. The van der Waals surface area contributed by atoms with E-state index in [2.05, 4.69) is 44.1 Å². The molecule has 0 nitrogen and oxygen atoms in total. The number of halogens is 2. The summed E-state index contributed by atoms with van der Waals surface area (Å²) in [5, 5.41) is 0. The second kappa shape index (κ2) is 5.06. The van der Waals surface area contributed by atoms with Gasteiger partial charge in [0.05, 0.1) is 0 Å². The van der Waals surface area contributed by atoms with Gasteiger partial charge >= 0.3 is 0 Å². The zero-order chi connectivity index (χ0) is 3.41. The summed E-state index contributed by atoms with van der Waals surface area (Å²) in [6.45, 7) is 0. The zero-order valence-electron chi connectivity index (χ0n) is 1.65. The van der Waals surface area contributed by atoms with Gasteiger partial charge in [-0.1, -0.05) is 0 Å². The molecule has 0 aromatic carbocycles. The third kappa shape index (κ3) is 4.06. The van der Waals surface area contributed by atoms with Crippen molar-refractivity contribution in [3.63, 3.8) is 0 Å². The summed E-state index contributed by atoms with van der Waals surface area (Å²) >= 11 is 4.61. The standard InChI is InChI=1S/I2P2/c1-3-4-2. The topological polar surface area (TPSA) is 0 Å². The van der Waals surface area contributed by atoms with Crippen LogP contribution in [0.1, 0.15) is 0 Å². The lowest BCUT2D eigenvalue weighted by Gasteiger charge is -1.41. The molecule has 0 aliphatic rings. The van der Waals surface area contributed by atoms with Crippen molar-refractivity contribution in [2.75, 3.05) is 0 Å². The molecule has 0 bridgehead atoms. The molecule has 0 aromatic heterocycles. The molecule has 0 radical (unpaired) electrons. The first-order valence-corrected chi connectivity index (χ1v) is 8.60. The van der Waals surface area contributed by atoms with E-state index in [1.54, 1.807) is 0 Å². The molecule has 4 heavy (non-hydrogen) atoms. The lowest BCUT2D eigenvalue weighted by Crippen LogP contribution is -0.544. The summed E-state index contributed by atoms with van der Waals surface area (Å²) in [6.07, 6.45) is 0. The van der Waals surface area contributed by atoms with Gasteiger partial charge in [-0.2, -0.15) is 0 Å². The molecule has 0 rings (SSSR count). The molecule has 0 aliphatic heterocycles. The van der Waals surface area contributed by atoms with Gasteiger partial charge < -0.3 is 0 Å². The van der Waals surface area contributed by atoms with Crippen molar-refractivity contribution in [2.24, 2.45) is 0 Å². The van der Waals surface area contributed by atoms with E-state index in [1.807, 2.05) is 0 Å². The van der Waals surface area contributed by atoms with E-state index in [1.165, 1.54) is 11.0 Å². The molecule has 0 amide bonds. The van der Waals surface area contributed by atoms with Crippen LogP contribution < -0.4 is 0 Å². The summed E-state index contributed by atoms with van der Waals surface area (Å²) in [4.78, 5) is 0. The van der Waals surface area contributed by atoms with Crippen LogP contribution in [-0.2, 0) is 0 Å². The quantitative estimate of drug-likeness (QED) is 0.474. The van der Waals surface area contributed by atoms with Gasteiger partial charge in [0.25, 0.3) is 0 Å². The van der Waals surface area contributed by atoms with Crippen molar-refractivity contribution in [2.45, 2.75) is 0 Å². The maximum absolute atomic E-state index is 2.30. The van der Waals surface area contributed by atoms with Gasteiger partial charge in [-0.15, -0.1) is 0 Å². The normalized spacial score (nSPS) is 9.50. The highest BCUT2D eigenvalue weighted by molar-refractivity contribution is 14.2. The maximum Gasteiger partial charge on any atom is 0.00923 e. The highest BCUT2D eigenvalue weighted by Crippen LogP contribution is 2.28. The molecule has 4 heteroatoms. The first-order chi connectivity index (χ1) is 1.91. The van der Waals surface area contributed by atoms with E-state index in [4.69, 9.17) is 0 Å². The van der Waals surface area contributed by atoms with E-state index in [9.17, 15) is 0 Å². The predicted molar refractivity (Wildman–Crippen MR) is 41.9 cm³/mol. The van der Waals surface area contributed by atoms with Crippen molar-refractivity contribution in [1.29, 1.82) is 0 Å². The van der Waals surface area contributed by atoms with Gasteiger partial charge in [-0.3, -0.25) is 0 Å². The Hall–Kier alpha value is 2.06. The summed E-state index contributed by atoms with van der Waals surface area (Å²) < 4.78 is 0. The lowest BCUT2D eigenvalue weighted by atomic mass is 30.3. The highest BCUT2D eigenvalue weighted by Gasteiger charge is 1.42. The molecule has 0 unspecified atom stereocenters. The van der Waals surface area contributed by atoms with Crippen LogP contribution in [0.3, 0.4) is 0 Å². The fourth-order valence-corrected chi connectivity index (χ4v) is 0. The Morgan fingerprint density at radius 2 is 1.25 bits per heavy atom. The Labute approximate surface area is 54.5 Å². The van der Waals surface area contributed by atoms with Gasteiger partial charge in [0.1, 0.15) is 0 Å². The summed E-state index contributed by atoms with van der Waals surface area (Å²) in [6, 6.07) is 0. The second-order valence-electron chi connectivity index (χ2n) is 0.151. The van der Waals surface area contributed by atoms with Crippen molar-refractivity contribution in [1.82, 2.24) is 0 Å². The van der Waals surface area contributed by atoms with Gasteiger partial charge in [0.15, 0.2) is 0 Å². The molecule has 24 valence electrons. The van der Waals surface area contributed by atoms with Crippen molar-refractivity contribution in [3.8, 4) is 0 Å². The van der Waals surface area contributed by atoms with E-state index in [0.29, 0.717) is 0 Å². The van der Waals surface area contributed by atoms with Gasteiger partial charge in [0, 0.05) is 11.0 Å². The van der Waals surface area contributed by atoms with Gasteiger partial charge in [0.2, 0.25) is 0 Å². The van der Waals surface area contributed by atoms with Crippen LogP contribution in [0.2, 0.25) is 0 Å². The van der Waals surface area contributed by atoms with Crippen LogP contribution in [0.25, 0.3) is 0 Å². The molecule has 0 atom stereocenters. The molecule has 0 N–H and O–H groups in total. The average Bonchev–Trinajstić information content (AvgIpc) is 1.37. The number of rotatable bonds is 0. The van der Waals surface area contributed by atoms with Crippen molar-refractivity contribution >= 4 is 55.1 Å². The molecule has 0 saturated heterocycles. The van der Waals surface area contributed by atoms with Gasteiger partial charge in [-0.05, 0) is 44.1 Å². The molecule has 0 aromatic rings. The first-order valence-electron chi connectivity index (χ1n) is 0.538. The van der Waals surface area contributed by atoms with Crippen LogP contribution >= 0.6 is 55.1 Å². The fraction of sp³-hybridized carbons (Fsp3) is 0. The lowest BCUT2D eigenvalue weighted by molar-refractivity contribution is 6.09. The minimum absolute atomic E-state index is 1.43. The first kappa shape index (κ1) is 6.06.